The SMILES string of the molecule is c1cc(-c2c[n+]3c(c4cc(OCCCN5CCOCC5)ccc24)CCC3)[nH]n1. The summed E-state index contributed by atoms with van der Waals surface area (Å²) in [6, 6.07) is 8.55. The van der Waals surface area contributed by atoms with Gasteiger partial charge in [0, 0.05) is 44.1 Å². The molecule has 2 aliphatic rings. The maximum atomic E-state index is 6.11. The van der Waals surface area contributed by atoms with Crippen LogP contribution >= 0.6 is 0 Å². The highest BCUT2D eigenvalue weighted by Gasteiger charge is 2.25. The summed E-state index contributed by atoms with van der Waals surface area (Å²) < 4.78 is 13.9. The maximum absolute atomic E-state index is 6.11. The third-order valence-corrected chi connectivity index (χ3v) is 5.82. The number of hydrogen-bond acceptors (Lipinski definition) is 4. The molecule has 6 nitrogen and oxygen atoms in total. The van der Waals surface area contributed by atoms with Crippen molar-refractivity contribution in [3.05, 3.63) is 42.4 Å². The molecule has 28 heavy (non-hydrogen) atoms. The Morgan fingerprint density at radius 2 is 2.11 bits per heavy atom. The van der Waals surface area contributed by atoms with Crippen LogP contribution in [0.1, 0.15) is 18.5 Å². The molecule has 0 unspecified atom stereocenters. The molecule has 0 bridgehead atoms. The Labute approximate surface area is 165 Å². The minimum atomic E-state index is 0.748. The molecule has 146 valence electrons. The minimum absolute atomic E-state index is 0.748. The molecule has 0 saturated carbocycles. The fraction of sp³-hybridized carbons (Fsp3) is 0.455. The van der Waals surface area contributed by atoms with Crippen molar-refractivity contribution in [1.82, 2.24) is 15.1 Å². The van der Waals surface area contributed by atoms with E-state index in [2.05, 4.69) is 44.1 Å². The van der Waals surface area contributed by atoms with Gasteiger partial charge in [0.05, 0.1) is 36.5 Å². The Hall–Kier alpha value is -2.44. The van der Waals surface area contributed by atoms with Crippen LogP contribution in [-0.4, -0.2) is 54.6 Å². The number of aromatic amines is 1. The van der Waals surface area contributed by atoms with Gasteiger partial charge in [-0.1, -0.05) is 0 Å². The van der Waals surface area contributed by atoms with E-state index in [0.29, 0.717) is 0 Å². The molecule has 2 aromatic heterocycles. The highest BCUT2D eigenvalue weighted by atomic mass is 16.5. The molecule has 3 aromatic rings. The Kier molecular flexibility index (Phi) is 4.97. The summed E-state index contributed by atoms with van der Waals surface area (Å²) in [4.78, 5) is 2.45. The number of ether oxygens (including phenoxy) is 2. The number of nitrogens with one attached hydrogen (secondary N) is 1. The van der Waals surface area contributed by atoms with Gasteiger partial charge in [0.1, 0.15) is 12.3 Å². The maximum Gasteiger partial charge on any atom is 0.189 e. The van der Waals surface area contributed by atoms with Gasteiger partial charge in [0.15, 0.2) is 11.9 Å². The highest BCUT2D eigenvalue weighted by Crippen LogP contribution is 2.32. The molecule has 6 heteroatoms. The second-order valence-corrected chi connectivity index (χ2v) is 7.62. The molecular formula is C22H27N4O2+. The highest BCUT2D eigenvalue weighted by molar-refractivity contribution is 5.96. The zero-order chi connectivity index (χ0) is 18.8. The number of morpholine rings is 1. The van der Waals surface area contributed by atoms with E-state index in [1.807, 2.05) is 12.3 Å². The Morgan fingerprint density at radius 3 is 2.96 bits per heavy atom. The molecule has 2 aliphatic heterocycles. The van der Waals surface area contributed by atoms with Crippen LogP contribution in [0.25, 0.3) is 22.0 Å². The number of nitrogens with zero attached hydrogens (tertiary/aromatic N) is 3. The summed E-state index contributed by atoms with van der Waals surface area (Å²) in [5.41, 5.74) is 3.68. The molecule has 1 N–H and O–H groups in total. The van der Waals surface area contributed by atoms with Crippen molar-refractivity contribution < 1.29 is 14.0 Å². The lowest BCUT2D eigenvalue weighted by Crippen LogP contribution is -2.37. The van der Waals surface area contributed by atoms with E-state index >= 15 is 0 Å². The van der Waals surface area contributed by atoms with Gasteiger partial charge < -0.3 is 9.47 Å². The number of benzene rings is 1. The largest absolute Gasteiger partial charge is 0.494 e. The van der Waals surface area contributed by atoms with E-state index in [-0.39, 0.29) is 0 Å². The van der Waals surface area contributed by atoms with Gasteiger partial charge in [-0.2, -0.15) is 5.10 Å². The fourth-order valence-electron chi connectivity index (χ4n) is 4.36. The first kappa shape index (κ1) is 17.6. The second-order valence-electron chi connectivity index (χ2n) is 7.62. The van der Waals surface area contributed by atoms with Gasteiger partial charge in [0.25, 0.3) is 0 Å². The van der Waals surface area contributed by atoms with Crippen molar-refractivity contribution in [3.8, 4) is 17.0 Å². The van der Waals surface area contributed by atoms with E-state index in [4.69, 9.17) is 9.47 Å². The van der Waals surface area contributed by atoms with Crippen LogP contribution in [0.2, 0.25) is 0 Å². The predicted molar refractivity (Wildman–Crippen MR) is 107 cm³/mol. The lowest BCUT2D eigenvalue weighted by Gasteiger charge is -2.26. The number of H-pyrrole nitrogens is 1. The van der Waals surface area contributed by atoms with Crippen molar-refractivity contribution in [2.75, 3.05) is 39.5 Å². The summed E-state index contributed by atoms with van der Waals surface area (Å²) >= 11 is 0. The predicted octanol–water partition coefficient (Wildman–Crippen LogP) is 2.56. The smallest absolute Gasteiger partial charge is 0.189 e. The minimum Gasteiger partial charge on any atom is -0.494 e. The van der Waals surface area contributed by atoms with Crippen molar-refractivity contribution >= 4 is 10.8 Å². The Morgan fingerprint density at radius 1 is 1.18 bits per heavy atom. The zero-order valence-corrected chi connectivity index (χ0v) is 16.2. The van der Waals surface area contributed by atoms with Gasteiger partial charge >= 0.3 is 0 Å². The summed E-state index contributed by atoms with van der Waals surface area (Å²) in [5, 5.41) is 9.81. The molecule has 4 heterocycles. The number of hydrogen-bond donors (Lipinski definition) is 1. The third-order valence-electron chi connectivity index (χ3n) is 5.82. The molecule has 1 aromatic carbocycles. The average Bonchev–Trinajstić information content (AvgIpc) is 3.43. The van der Waals surface area contributed by atoms with E-state index < -0.39 is 0 Å². The quantitative estimate of drug-likeness (QED) is 0.528. The number of rotatable bonds is 6. The molecule has 0 amide bonds. The van der Waals surface area contributed by atoms with Gasteiger partial charge in [-0.25, -0.2) is 4.57 Å². The Balaban J connectivity index is 1.35. The summed E-state index contributed by atoms with van der Waals surface area (Å²) in [7, 11) is 0. The third kappa shape index (κ3) is 3.50. The number of fused-ring (bicyclic) bond motifs is 3. The van der Waals surface area contributed by atoms with Gasteiger partial charge in [0.2, 0.25) is 0 Å². The van der Waals surface area contributed by atoms with Gasteiger partial charge in [-0.3, -0.25) is 10.00 Å². The van der Waals surface area contributed by atoms with Crippen LogP contribution in [0, 0.1) is 0 Å². The molecular weight excluding hydrogens is 352 g/mol. The van der Waals surface area contributed by atoms with Crippen LogP contribution in [0.5, 0.6) is 5.75 Å². The van der Waals surface area contributed by atoms with E-state index in [1.165, 1.54) is 28.5 Å². The molecule has 0 radical (unpaired) electrons. The first-order valence-corrected chi connectivity index (χ1v) is 10.3. The van der Waals surface area contributed by atoms with Crippen LogP contribution in [0.15, 0.2) is 36.7 Å². The van der Waals surface area contributed by atoms with Gasteiger partial charge in [-0.15, -0.1) is 0 Å². The number of aryl methyl sites for hydroxylation is 2. The first-order chi connectivity index (χ1) is 13.9. The number of pyridine rings is 1. The van der Waals surface area contributed by atoms with E-state index in [1.54, 1.807) is 0 Å². The second kappa shape index (κ2) is 7.89. The molecule has 0 aliphatic carbocycles. The van der Waals surface area contributed by atoms with Gasteiger partial charge in [-0.05, 0) is 30.7 Å². The lowest BCUT2D eigenvalue weighted by atomic mass is 10.0. The summed E-state index contributed by atoms with van der Waals surface area (Å²) in [6.45, 7) is 6.69. The van der Waals surface area contributed by atoms with Crippen LogP contribution in [0.4, 0.5) is 0 Å². The van der Waals surface area contributed by atoms with Crippen molar-refractivity contribution in [1.29, 1.82) is 0 Å². The molecule has 1 saturated heterocycles. The average molecular weight is 379 g/mol. The molecule has 5 rings (SSSR count). The van der Waals surface area contributed by atoms with Crippen molar-refractivity contribution in [3.63, 3.8) is 0 Å². The summed E-state index contributed by atoms with van der Waals surface area (Å²) in [5.74, 6) is 0.964. The zero-order valence-electron chi connectivity index (χ0n) is 16.2. The summed E-state index contributed by atoms with van der Waals surface area (Å²) in [6.07, 6.45) is 7.44. The topological polar surface area (TPSA) is 54.3 Å². The molecule has 0 spiro atoms. The van der Waals surface area contributed by atoms with Crippen molar-refractivity contribution in [2.24, 2.45) is 0 Å². The van der Waals surface area contributed by atoms with E-state index in [9.17, 15) is 0 Å². The van der Waals surface area contributed by atoms with Crippen LogP contribution < -0.4 is 9.30 Å². The van der Waals surface area contributed by atoms with Crippen LogP contribution in [0.3, 0.4) is 0 Å². The van der Waals surface area contributed by atoms with Crippen molar-refractivity contribution in [2.45, 2.75) is 25.8 Å². The number of aromatic nitrogens is 3. The standard InChI is InChI=1S/C22H27N4O2/c1-3-22-19-15-17(28-12-2-8-25-10-13-27-14-11-25)4-5-18(19)20(16-26(22)9-1)21-6-7-23-24-21/h4-7,15-16H,1-3,8-14H2,(H,23,24)/q+1. The fourth-order valence-corrected chi connectivity index (χ4v) is 4.36. The van der Waals surface area contributed by atoms with Crippen LogP contribution in [-0.2, 0) is 17.7 Å². The molecule has 0 atom stereocenters. The normalized spacial score (nSPS) is 17.1. The Bertz CT molecular complexity index is 949. The van der Waals surface area contributed by atoms with E-state index in [0.717, 1.165) is 70.3 Å². The monoisotopic (exact) mass is 379 g/mol. The first-order valence-electron chi connectivity index (χ1n) is 10.3. The molecule has 1 fully saturated rings. The lowest BCUT2D eigenvalue weighted by molar-refractivity contribution is -0.689.